The summed E-state index contributed by atoms with van der Waals surface area (Å²) in [6, 6.07) is 0. The van der Waals surface area contributed by atoms with Gasteiger partial charge in [0.1, 0.15) is 12.3 Å². The summed E-state index contributed by atoms with van der Waals surface area (Å²) in [5, 5.41) is 8.33. The van der Waals surface area contributed by atoms with Crippen molar-refractivity contribution < 1.29 is 19.4 Å². The first-order chi connectivity index (χ1) is 5.07. The highest BCUT2D eigenvalue weighted by atomic mass is 31.0. The number of carbonyl (C=O) groups excluding carboxylic acids is 1. The molecule has 0 aromatic rings. The molecular weight excluding hydrogens is 167 g/mol. The lowest BCUT2D eigenvalue weighted by Gasteiger charge is -2.04. The highest BCUT2D eigenvalue weighted by Gasteiger charge is 2.12. The third-order valence-electron chi connectivity index (χ3n) is 0.889. The minimum absolute atomic E-state index is 0.148. The number of hydrogen-bond donors (Lipinski definition) is 1. The average molecular weight is 176 g/mol. The van der Waals surface area contributed by atoms with Crippen LogP contribution >= 0.6 is 9.24 Å². The normalized spacial score (nSPS) is 11.7. The van der Waals surface area contributed by atoms with Gasteiger partial charge in [-0.25, -0.2) is 4.79 Å². The molecule has 62 valence electrons. The maximum Gasteiger partial charge on any atom is 0.330 e. The zero-order valence-corrected chi connectivity index (χ0v) is 6.97. The molecule has 0 aliphatic heterocycles. The van der Waals surface area contributed by atoms with Gasteiger partial charge in [-0.05, 0) is 0 Å². The van der Waals surface area contributed by atoms with Gasteiger partial charge in [-0.15, -0.1) is 9.24 Å². The van der Waals surface area contributed by atoms with Gasteiger partial charge < -0.3 is 9.84 Å². The quantitative estimate of drug-likeness (QED) is 0.373. The van der Waals surface area contributed by atoms with Gasteiger partial charge in [0.05, 0.1) is 0 Å². The molecule has 0 rings (SSSR count). The van der Waals surface area contributed by atoms with Crippen molar-refractivity contribution in [2.45, 2.75) is 5.66 Å². The molecule has 0 radical (unpaired) electrons. The monoisotopic (exact) mass is 176 g/mol. The molecule has 1 N–H and O–H groups in total. The Bertz CT molecular complexity index is 177. The van der Waals surface area contributed by atoms with Crippen LogP contribution in [0.4, 0.5) is 0 Å². The predicted octanol–water partition coefficient (Wildman–Crippen LogP) is 0.0439. The fraction of sp³-hybridized carbons (Fsp3) is 0.333. The first-order valence-electron chi connectivity index (χ1n) is 2.85. The van der Waals surface area contributed by atoms with Crippen molar-refractivity contribution in [3.8, 4) is 0 Å². The maximum atomic E-state index is 10.4. The van der Waals surface area contributed by atoms with Crippen LogP contribution in [0.5, 0.6) is 0 Å². The summed E-state index contributed by atoms with van der Waals surface area (Å²) in [6.45, 7) is 3.01. The van der Waals surface area contributed by atoms with E-state index in [1.807, 2.05) is 9.24 Å². The molecule has 2 atom stereocenters. The van der Waals surface area contributed by atoms with Gasteiger partial charge in [0.2, 0.25) is 0 Å². The van der Waals surface area contributed by atoms with Gasteiger partial charge in [-0.2, -0.15) is 0 Å². The Kier molecular flexibility index (Phi) is 4.46. The SMILES string of the molecule is C=CC(=O)OCC(P)C(=O)O. The molecule has 0 aliphatic rings. The van der Waals surface area contributed by atoms with E-state index in [1.54, 1.807) is 0 Å². The van der Waals surface area contributed by atoms with Gasteiger partial charge in [0.15, 0.2) is 0 Å². The van der Waals surface area contributed by atoms with Crippen molar-refractivity contribution in [1.29, 1.82) is 0 Å². The molecule has 0 spiro atoms. The van der Waals surface area contributed by atoms with E-state index in [9.17, 15) is 9.59 Å². The first-order valence-corrected chi connectivity index (χ1v) is 3.52. The Morgan fingerprint density at radius 2 is 2.27 bits per heavy atom. The Balaban J connectivity index is 3.62. The third-order valence-corrected chi connectivity index (χ3v) is 1.37. The second-order valence-electron chi connectivity index (χ2n) is 1.78. The summed E-state index contributed by atoms with van der Waals surface area (Å²) < 4.78 is 4.46. The minimum atomic E-state index is -1.02. The van der Waals surface area contributed by atoms with Gasteiger partial charge in [0.25, 0.3) is 0 Å². The van der Waals surface area contributed by atoms with Gasteiger partial charge >= 0.3 is 11.9 Å². The van der Waals surface area contributed by atoms with E-state index >= 15 is 0 Å². The Hall–Kier alpha value is -0.890. The number of carboxylic acids is 1. The van der Waals surface area contributed by atoms with Gasteiger partial charge in [-0.1, -0.05) is 6.58 Å². The topological polar surface area (TPSA) is 63.6 Å². The zero-order valence-electron chi connectivity index (χ0n) is 5.82. The van der Waals surface area contributed by atoms with Crippen LogP contribution in [0.15, 0.2) is 12.7 Å². The van der Waals surface area contributed by atoms with E-state index in [0.717, 1.165) is 6.08 Å². The molecule has 0 aliphatic carbocycles. The van der Waals surface area contributed by atoms with Crippen molar-refractivity contribution in [3.05, 3.63) is 12.7 Å². The van der Waals surface area contributed by atoms with Crippen LogP contribution in [-0.4, -0.2) is 29.3 Å². The Morgan fingerprint density at radius 1 is 1.73 bits per heavy atom. The Labute approximate surface area is 66.4 Å². The molecular formula is C6H9O4P. The average Bonchev–Trinajstić information content (AvgIpc) is 1.99. The molecule has 0 amide bonds. The second-order valence-corrected chi connectivity index (χ2v) is 2.58. The smallest absolute Gasteiger partial charge is 0.330 e. The van der Waals surface area contributed by atoms with E-state index < -0.39 is 17.6 Å². The fourth-order valence-electron chi connectivity index (χ4n) is 0.302. The van der Waals surface area contributed by atoms with E-state index in [-0.39, 0.29) is 6.61 Å². The minimum Gasteiger partial charge on any atom is -0.481 e. The molecule has 0 saturated heterocycles. The van der Waals surface area contributed by atoms with Gasteiger partial charge in [0, 0.05) is 6.08 Å². The summed E-state index contributed by atoms with van der Waals surface area (Å²) in [6.07, 6.45) is 0.985. The van der Waals surface area contributed by atoms with Crippen LogP contribution in [0.2, 0.25) is 0 Å². The molecule has 0 aromatic heterocycles. The van der Waals surface area contributed by atoms with Crippen molar-refractivity contribution in [2.24, 2.45) is 0 Å². The zero-order chi connectivity index (χ0) is 8.85. The number of hydrogen-bond acceptors (Lipinski definition) is 3. The van der Waals surface area contributed by atoms with Crippen LogP contribution in [0, 0.1) is 0 Å². The van der Waals surface area contributed by atoms with Crippen molar-refractivity contribution in [2.75, 3.05) is 6.61 Å². The summed E-state index contributed by atoms with van der Waals surface area (Å²) in [5.74, 6) is -1.63. The summed E-state index contributed by atoms with van der Waals surface area (Å²) in [4.78, 5) is 20.6. The van der Waals surface area contributed by atoms with Crippen LogP contribution in [-0.2, 0) is 14.3 Å². The van der Waals surface area contributed by atoms with Crippen molar-refractivity contribution >= 4 is 21.2 Å². The van der Waals surface area contributed by atoms with Crippen LogP contribution < -0.4 is 0 Å². The van der Waals surface area contributed by atoms with Crippen LogP contribution in [0.1, 0.15) is 0 Å². The second kappa shape index (κ2) is 4.85. The molecule has 2 unspecified atom stereocenters. The number of aliphatic carboxylic acids is 1. The third kappa shape index (κ3) is 4.51. The molecule has 5 heteroatoms. The lowest BCUT2D eigenvalue weighted by molar-refractivity contribution is -0.142. The molecule has 4 nitrogen and oxygen atoms in total. The lowest BCUT2D eigenvalue weighted by atomic mass is 10.4. The highest BCUT2D eigenvalue weighted by molar-refractivity contribution is 7.19. The van der Waals surface area contributed by atoms with Crippen molar-refractivity contribution in [1.82, 2.24) is 0 Å². The van der Waals surface area contributed by atoms with Crippen LogP contribution in [0.25, 0.3) is 0 Å². The molecule has 0 saturated carbocycles. The molecule has 11 heavy (non-hydrogen) atoms. The van der Waals surface area contributed by atoms with Gasteiger partial charge in [-0.3, -0.25) is 4.79 Å². The predicted molar refractivity (Wildman–Crippen MR) is 42.3 cm³/mol. The number of ether oxygens (including phenoxy) is 1. The summed E-state index contributed by atoms with van der Waals surface area (Å²) in [7, 11) is 2.05. The fourth-order valence-corrected chi connectivity index (χ4v) is 0.398. The molecule has 0 heterocycles. The number of carboxylic acid groups (broad SMARTS) is 1. The largest absolute Gasteiger partial charge is 0.481 e. The first kappa shape index (κ1) is 10.1. The number of esters is 1. The number of rotatable bonds is 4. The van der Waals surface area contributed by atoms with Crippen LogP contribution in [0.3, 0.4) is 0 Å². The van der Waals surface area contributed by atoms with Crippen molar-refractivity contribution in [3.63, 3.8) is 0 Å². The van der Waals surface area contributed by atoms with E-state index in [1.165, 1.54) is 0 Å². The molecule has 0 fully saturated rings. The Morgan fingerprint density at radius 3 is 2.64 bits per heavy atom. The lowest BCUT2D eigenvalue weighted by Crippen LogP contribution is -2.20. The van der Waals surface area contributed by atoms with E-state index in [4.69, 9.17) is 5.11 Å². The van der Waals surface area contributed by atoms with E-state index in [0.29, 0.717) is 0 Å². The van der Waals surface area contributed by atoms with E-state index in [2.05, 4.69) is 11.3 Å². The summed E-state index contributed by atoms with van der Waals surface area (Å²) >= 11 is 0. The molecule has 0 bridgehead atoms. The highest BCUT2D eigenvalue weighted by Crippen LogP contribution is 2.00. The summed E-state index contributed by atoms with van der Waals surface area (Å²) in [5.41, 5.74) is -0.751. The standard InChI is InChI=1S/C6H9O4P/c1-2-5(7)10-3-4(11)6(8)9/h2,4H,1,3,11H2,(H,8,9). The number of carbonyl (C=O) groups is 2. The molecule has 0 aromatic carbocycles. The maximum absolute atomic E-state index is 10.4.